The molecule has 36 heavy (non-hydrogen) atoms. The van der Waals surface area contributed by atoms with Gasteiger partial charge in [0.1, 0.15) is 47.2 Å². The van der Waals surface area contributed by atoms with E-state index in [0.29, 0.717) is 17.1 Å². The largest absolute Gasteiger partial charge is 0.487 e. The molecule has 1 aliphatic carbocycles. The van der Waals surface area contributed by atoms with Crippen molar-refractivity contribution < 1.29 is 13.9 Å². The van der Waals surface area contributed by atoms with Crippen LogP contribution in [0.15, 0.2) is 65.6 Å². The van der Waals surface area contributed by atoms with E-state index >= 15 is 0 Å². The van der Waals surface area contributed by atoms with Gasteiger partial charge in [-0.1, -0.05) is 19.3 Å². The number of hydrogen-bond acceptors (Lipinski definition) is 6. The summed E-state index contributed by atoms with van der Waals surface area (Å²) in [7, 11) is 1.86. The molecule has 1 heterocycles. The van der Waals surface area contributed by atoms with Crippen LogP contribution in [0.3, 0.4) is 0 Å². The Balaban J connectivity index is 1.46. The van der Waals surface area contributed by atoms with Crippen LogP contribution >= 0.6 is 0 Å². The molecule has 0 saturated heterocycles. The van der Waals surface area contributed by atoms with Gasteiger partial charge in [-0.15, -0.1) is 0 Å². The summed E-state index contributed by atoms with van der Waals surface area (Å²) in [6.45, 7) is 0.244. The fourth-order valence-electron chi connectivity index (χ4n) is 4.07. The summed E-state index contributed by atoms with van der Waals surface area (Å²) < 4.78 is 27.5. The molecule has 0 spiro atoms. The molecule has 2 aromatic carbocycles. The molecule has 0 atom stereocenters. The molecule has 1 aliphatic rings. The van der Waals surface area contributed by atoms with Crippen molar-refractivity contribution in [3.8, 4) is 23.3 Å². The Hall–Kier alpha value is -4.32. The summed E-state index contributed by atoms with van der Waals surface area (Å²) in [5, 5.41) is 9.65. The Morgan fingerprint density at radius 2 is 1.83 bits per heavy atom. The van der Waals surface area contributed by atoms with Crippen molar-refractivity contribution in [2.45, 2.75) is 44.8 Å². The molecule has 9 heteroatoms. The van der Waals surface area contributed by atoms with Crippen molar-refractivity contribution in [2.75, 3.05) is 0 Å². The van der Waals surface area contributed by atoms with Crippen LogP contribution in [0.5, 0.6) is 17.2 Å². The average molecular weight is 489 g/mol. The molecule has 8 nitrogen and oxygen atoms in total. The summed E-state index contributed by atoms with van der Waals surface area (Å²) in [5.41, 5.74) is 14.3. The lowest BCUT2D eigenvalue weighted by Crippen LogP contribution is -2.22. The van der Waals surface area contributed by atoms with Gasteiger partial charge < -0.3 is 25.5 Å². The maximum absolute atomic E-state index is 14.2. The molecule has 4 rings (SSSR count). The van der Waals surface area contributed by atoms with E-state index in [2.05, 4.69) is 16.0 Å². The first-order valence-electron chi connectivity index (χ1n) is 11.8. The van der Waals surface area contributed by atoms with Crippen LogP contribution in [0.25, 0.3) is 5.70 Å². The van der Waals surface area contributed by atoms with Gasteiger partial charge in [-0.25, -0.2) is 9.37 Å². The second-order valence-electron chi connectivity index (χ2n) is 8.74. The molecule has 0 amide bonds. The standard InChI is InChI=1S/C27H29FN6O2/c1-34-17-32-15-21(34)16-35-23-11-19(28)12-24(13-23)36-22-9-7-18(8-10-22)26(30)25(14-29)27(31)33-20-5-3-2-4-6-20/h7-13,15,17,20H,2-6,16,30H2,1H3,(H2,31,33)/b26-25-. The maximum Gasteiger partial charge on any atom is 0.138 e. The molecule has 4 N–H and O–H groups in total. The summed E-state index contributed by atoms with van der Waals surface area (Å²) in [6.07, 6.45) is 8.75. The Morgan fingerprint density at radius 1 is 1.11 bits per heavy atom. The number of nitriles is 1. The van der Waals surface area contributed by atoms with Crippen molar-refractivity contribution >= 4 is 11.5 Å². The van der Waals surface area contributed by atoms with Gasteiger partial charge in [0.2, 0.25) is 0 Å². The number of aliphatic imine (C=N–C) groups is 1. The van der Waals surface area contributed by atoms with E-state index in [4.69, 9.17) is 20.9 Å². The predicted molar refractivity (Wildman–Crippen MR) is 136 cm³/mol. The molecule has 1 saturated carbocycles. The Morgan fingerprint density at radius 3 is 2.50 bits per heavy atom. The fourth-order valence-corrected chi connectivity index (χ4v) is 4.07. The van der Waals surface area contributed by atoms with Crippen molar-refractivity contribution in [2.24, 2.45) is 23.5 Å². The molecule has 1 fully saturated rings. The van der Waals surface area contributed by atoms with Crippen LogP contribution in [0.1, 0.15) is 43.4 Å². The first kappa shape index (κ1) is 24.8. The quantitative estimate of drug-likeness (QED) is 0.266. The number of aromatic nitrogens is 2. The zero-order chi connectivity index (χ0) is 25.5. The van der Waals surface area contributed by atoms with E-state index in [1.54, 1.807) is 42.9 Å². The first-order chi connectivity index (χ1) is 17.4. The van der Waals surface area contributed by atoms with Gasteiger partial charge in [0.25, 0.3) is 0 Å². The molecular weight excluding hydrogens is 459 g/mol. The second-order valence-corrected chi connectivity index (χ2v) is 8.74. The monoisotopic (exact) mass is 488 g/mol. The van der Waals surface area contributed by atoms with E-state index in [0.717, 1.165) is 31.4 Å². The molecule has 0 bridgehead atoms. The van der Waals surface area contributed by atoms with Crippen LogP contribution in [0.4, 0.5) is 4.39 Å². The SMILES string of the molecule is Cn1cncc1COc1cc(F)cc(Oc2ccc(/C(N)=C(\C#N)C(N)=NC3CCCCC3)cc2)c1. The Kier molecular flexibility index (Phi) is 7.85. The summed E-state index contributed by atoms with van der Waals surface area (Å²) in [5.74, 6) is 0.773. The van der Waals surface area contributed by atoms with Gasteiger partial charge in [0, 0.05) is 25.2 Å². The number of hydrogen-bond donors (Lipinski definition) is 2. The molecular formula is C27H29FN6O2. The van der Waals surface area contributed by atoms with Crippen molar-refractivity contribution in [1.29, 1.82) is 5.26 Å². The van der Waals surface area contributed by atoms with Crippen molar-refractivity contribution in [3.63, 3.8) is 0 Å². The fraction of sp³-hybridized carbons (Fsp3) is 0.296. The molecule has 1 aromatic heterocycles. The lowest BCUT2D eigenvalue weighted by molar-refractivity contribution is 0.294. The van der Waals surface area contributed by atoms with Gasteiger partial charge in [0.05, 0.1) is 30.0 Å². The van der Waals surface area contributed by atoms with Crippen LogP contribution in [0.2, 0.25) is 0 Å². The maximum atomic E-state index is 14.2. The number of halogens is 1. The van der Waals surface area contributed by atoms with Crippen LogP contribution in [-0.2, 0) is 13.7 Å². The average Bonchev–Trinajstić information content (AvgIpc) is 3.28. The smallest absolute Gasteiger partial charge is 0.138 e. The van der Waals surface area contributed by atoms with Crippen LogP contribution < -0.4 is 20.9 Å². The predicted octanol–water partition coefficient (Wildman–Crippen LogP) is 4.81. The number of ether oxygens (including phenoxy) is 2. The number of imidazole rings is 1. The summed E-state index contributed by atoms with van der Waals surface area (Å²) >= 11 is 0. The number of benzene rings is 2. The lowest BCUT2D eigenvalue weighted by Gasteiger charge is -2.18. The third kappa shape index (κ3) is 6.21. The molecule has 0 aliphatic heterocycles. The van der Waals surface area contributed by atoms with Gasteiger partial charge in [0.15, 0.2) is 0 Å². The lowest BCUT2D eigenvalue weighted by atomic mass is 9.96. The normalized spacial score (nSPS) is 15.2. The van der Waals surface area contributed by atoms with Crippen LogP contribution in [0, 0.1) is 17.1 Å². The molecule has 3 aromatic rings. The molecule has 0 radical (unpaired) electrons. The van der Waals surface area contributed by atoms with Gasteiger partial charge in [-0.2, -0.15) is 5.26 Å². The number of rotatable bonds is 8. The van der Waals surface area contributed by atoms with Crippen molar-refractivity contribution in [3.05, 3.63) is 77.6 Å². The van der Waals surface area contributed by atoms with E-state index in [1.807, 2.05) is 11.6 Å². The minimum Gasteiger partial charge on any atom is -0.487 e. The third-order valence-electron chi connectivity index (χ3n) is 6.08. The second kappa shape index (κ2) is 11.4. The van der Waals surface area contributed by atoms with E-state index < -0.39 is 5.82 Å². The van der Waals surface area contributed by atoms with E-state index in [-0.39, 0.29) is 35.5 Å². The highest BCUT2D eigenvalue weighted by Crippen LogP contribution is 2.29. The zero-order valence-corrected chi connectivity index (χ0v) is 20.2. The Labute approximate surface area is 209 Å². The van der Waals surface area contributed by atoms with Gasteiger partial charge in [-0.3, -0.25) is 4.99 Å². The highest BCUT2D eigenvalue weighted by Gasteiger charge is 2.16. The zero-order valence-electron chi connectivity index (χ0n) is 20.2. The van der Waals surface area contributed by atoms with Gasteiger partial charge >= 0.3 is 0 Å². The number of aryl methyl sites for hydroxylation is 1. The minimum absolute atomic E-state index is 0.134. The van der Waals surface area contributed by atoms with E-state index in [1.165, 1.54) is 18.6 Å². The third-order valence-corrected chi connectivity index (χ3v) is 6.08. The molecule has 186 valence electrons. The minimum atomic E-state index is -0.484. The number of nitrogens with zero attached hydrogens (tertiary/aromatic N) is 4. The number of nitrogens with two attached hydrogens (primary N) is 2. The van der Waals surface area contributed by atoms with Crippen molar-refractivity contribution in [1.82, 2.24) is 9.55 Å². The van der Waals surface area contributed by atoms with Gasteiger partial charge in [-0.05, 0) is 42.7 Å². The first-order valence-corrected chi connectivity index (χ1v) is 11.8. The highest BCUT2D eigenvalue weighted by molar-refractivity contribution is 6.07. The van der Waals surface area contributed by atoms with Crippen LogP contribution in [-0.4, -0.2) is 21.4 Å². The Bertz CT molecular complexity index is 1300. The number of amidine groups is 1. The van der Waals surface area contributed by atoms with E-state index in [9.17, 15) is 9.65 Å². The molecule has 0 unspecified atom stereocenters. The summed E-state index contributed by atoms with van der Waals surface area (Å²) in [6, 6.07) is 13.2. The highest BCUT2D eigenvalue weighted by atomic mass is 19.1. The summed E-state index contributed by atoms with van der Waals surface area (Å²) in [4.78, 5) is 8.57. The topological polar surface area (TPSA) is 124 Å².